The molecule has 2 amide bonds. The number of carbonyl (C=O) groups is 2. The first-order valence-electron chi connectivity index (χ1n) is 8.92. The molecule has 1 aromatic heterocycles. The molecule has 144 valence electrons. The van der Waals surface area contributed by atoms with Gasteiger partial charge in [0.25, 0.3) is 5.91 Å². The molecule has 0 bridgehead atoms. The number of aryl methyl sites for hydroxylation is 1. The second-order valence-electron chi connectivity index (χ2n) is 6.16. The first kappa shape index (κ1) is 19.3. The molecule has 0 aliphatic heterocycles. The molecule has 3 aromatic rings. The SMILES string of the molecule is Cc1cc(C(=O)NCCCONC(=O)c2ccno2)ccc1-c1ccccc1. The number of benzene rings is 2. The Bertz CT molecular complexity index is 924. The van der Waals surface area contributed by atoms with Gasteiger partial charge in [0.05, 0.1) is 12.8 Å². The first-order chi connectivity index (χ1) is 13.6. The second kappa shape index (κ2) is 9.48. The number of hydroxylamine groups is 1. The number of carbonyl (C=O) groups excluding carboxylic acids is 2. The van der Waals surface area contributed by atoms with Crippen LogP contribution in [0.5, 0.6) is 0 Å². The van der Waals surface area contributed by atoms with Gasteiger partial charge in [0.1, 0.15) is 0 Å². The van der Waals surface area contributed by atoms with Gasteiger partial charge in [0, 0.05) is 18.2 Å². The molecule has 0 atom stereocenters. The molecule has 2 aromatic carbocycles. The Morgan fingerprint density at radius 1 is 1.07 bits per heavy atom. The van der Waals surface area contributed by atoms with Crippen molar-refractivity contribution in [1.82, 2.24) is 16.0 Å². The lowest BCUT2D eigenvalue weighted by Crippen LogP contribution is -2.28. The van der Waals surface area contributed by atoms with Gasteiger partial charge in [-0.15, -0.1) is 0 Å². The van der Waals surface area contributed by atoms with Gasteiger partial charge in [0.15, 0.2) is 0 Å². The van der Waals surface area contributed by atoms with E-state index in [-0.39, 0.29) is 18.3 Å². The minimum atomic E-state index is -0.504. The fourth-order valence-electron chi connectivity index (χ4n) is 2.69. The molecule has 0 aliphatic rings. The molecule has 0 unspecified atom stereocenters. The lowest BCUT2D eigenvalue weighted by Gasteiger charge is -2.10. The molecule has 28 heavy (non-hydrogen) atoms. The van der Waals surface area contributed by atoms with Crippen molar-refractivity contribution >= 4 is 11.8 Å². The summed E-state index contributed by atoms with van der Waals surface area (Å²) >= 11 is 0. The molecule has 0 spiro atoms. The van der Waals surface area contributed by atoms with E-state index >= 15 is 0 Å². The summed E-state index contributed by atoms with van der Waals surface area (Å²) in [5.74, 6) is -0.577. The third-order valence-corrected chi connectivity index (χ3v) is 4.11. The van der Waals surface area contributed by atoms with Crippen LogP contribution in [-0.4, -0.2) is 30.1 Å². The molecule has 0 fully saturated rings. The van der Waals surface area contributed by atoms with Crippen molar-refractivity contribution in [1.29, 1.82) is 0 Å². The van der Waals surface area contributed by atoms with Crippen LogP contribution in [-0.2, 0) is 4.84 Å². The van der Waals surface area contributed by atoms with Crippen LogP contribution in [0.3, 0.4) is 0 Å². The van der Waals surface area contributed by atoms with Crippen molar-refractivity contribution in [2.75, 3.05) is 13.2 Å². The summed E-state index contributed by atoms with van der Waals surface area (Å²) in [6.45, 7) is 2.67. The van der Waals surface area contributed by atoms with Crippen LogP contribution < -0.4 is 10.8 Å². The largest absolute Gasteiger partial charge is 0.352 e. The highest BCUT2D eigenvalue weighted by Gasteiger charge is 2.10. The standard InChI is InChI=1S/C21H21N3O4/c1-15-14-17(8-9-18(15)16-6-3-2-4-7-16)20(25)22-11-5-13-27-24-21(26)19-10-12-23-28-19/h2-4,6-10,12,14H,5,11,13H2,1H3,(H,22,25)(H,24,26). The van der Waals surface area contributed by atoms with Gasteiger partial charge in [-0.1, -0.05) is 41.6 Å². The molecule has 3 rings (SSSR count). The van der Waals surface area contributed by atoms with Crippen LogP contribution in [0.25, 0.3) is 11.1 Å². The van der Waals surface area contributed by atoms with Gasteiger partial charge >= 0.3 is 5.91 Å². The maximum Gasteiger partial charge on any atom is 0.313 e. The van der Waals surface area contributed by atoms with Gasteiger partial charge in [0.2, 0.25) is 5.76 Å². The molecular formula is C21H21N3O4. The fraction of sp³-hybridized carbons (Fsp3) is 0.190. The summed E-state index contributed by atoms with van der Waals surface area (Å²) in [6.07, 6.45) is 1.92. The van der Waals surface area contributed by atoms with Crippen LogP contribution in [0.15, 0.2) is 65.3 Å². The lowest BCUT2D eigenvalue weighted by molar-refractivity contribution is 0.0275. The van der Waals surface area contributed by atoms with Crippen molar-refractivity contribution in [3.63, 3.8) is 0 Å². The highest BCUT2D eigenvalue weighted by atomic mass is 16.7. The van der Waals surface area contributed by atoms with E-state index in [4.69, 9.17) is 9.36 Å². The molecule has 0 aliphatic carbocycles. The molecule has 2 N–H and O–H groups in total. The number of rotatable bonds is 8. The van der Waals surface area contributed by atoms with Gasteiger partial charge < -0.3 is 9.84 Å². The summed E-state index contributed by atoms with van der Waals surface area (Å²) in [5, 5.41) is 6.28. The zero-order valence-corrected chi connectivity index (χ0v) is 15.5. The van der Waals surface area contributed by atoms with Crippen LogP contribution in [0.1, 0.15) is 32.9 Å². The monoisotopic (exact) mass is 379 g/mol. The Labute approximate surface area is 162 Å². The smallest absolute Gasteiger partial charge is 0.313 e. The molecule has 7 heteroatoms. The summed E-state index contributed by atoms with van der Waals surface area (Å²) in [4.78, 5) is 28.9. The van der Waals surface area contributed by atoms with E-state index in [1.54, 1.807) is 0 Å². The Morgan fingerprint density at radius 2 is 1.89 bits per heavy atom. The molecular weight excluding hydrogens is 358 g/mol. The Kier molecular flexibility index (Phi) is 6.54. The van der Waals surface area contributed by atoms with Gasteiger partial charge in [-0.3, -0.25) is 14.4 Å². The third kappa shape index (κ3) is 5.05. The van der Waals surface area contributed by atoms with Crippen molar-refractivity contribution < 1.29 is 18.9 Å². The minimum absolute atomic E-state index is 0.0719. The predicted molar refractivity (Wildman–Crippen MR) is 103 cm³/mol. The number of aromatic nitrogens is 1. The maximum absolute atomic E-state index is 12.3. The van der Waals surface area contributed by atoms with Crippen molar-refractivity contribution in [3.8, 4) is 11.1 Å². The normalized spacial score (nSPS) is 10.5. The van der Waals surface area contributed by atoms with Crippen LogP contribution in [0.4, 0.5) is 0 Å². The fourth-order valence-corrected chi connectivity index (χ4v) is 2.69. The van der Waals surface area contributed by atoms with E-state index in [0.29, 0.717) is 18.5 Å². The number of amides is 2. The highest BCUT2D eigenvalue weighted by Crippen LogP contribution is 2.23. The van der Waals surface area contributed by atoms with E-state index in [1.165, 1.54) is 12.3 Å². The first-order valence-corrected chi connectivity index (χ1v) is 8.92. The topological polar surface area (TPSA) is 93.5 Å². The van der Waals surface area contributed by atoms with Crippen molar-refractivity contribution in [2.24, 2.45) is 0 Å². The number of nitrogens with zero attached hydrogens (tertiary/aromatic N) is 1. The Balaban J connectivity index is 1.41. The van der Waals surface area contributed by atoms with E-state index in [2.05, 4.69) is 16.0 Å². The van der Waals surface area contributed by atoms with Gasteiger partial charge in [-0.05, 0) is 42.2 Å². The second-order valence-corrected chi connectivity index (χ2v) is 6.16. The molecule has 7 nitrogen and oxygen atoms in total. The minimum Gasteiger partial charge on any atom is -0.352 e. The number of hydrogen-bond acceptors (Lipinski definition) is 5. The maximum atomic E-state index is 12.3. The van der Waals surface area contributed by atoms with E-state index < -0.39 is 5.91 Å². The lowest BCUT2D eigenvalue weighted by atomic mass is 9.98. The summed E-state index contributed by atoms with van der Waals surface area (Å²) in [5.41, 5.74) is 6.12. The predicted octanol–water partition coefficient (Wildman–Crippen LogP) is 3.13. The van der Waals surface area contributed by atoms with E-state index in [9.17, 15) is 9.59 Å². The van der Waals surface area contributed by atoms with Gasteiger partial charge in [-0.2, -0.15) is 0 Å². The third-order valence-electron chi connectivity index (χ3n) is 4.11. The summed E-state index contributed by atoms with van der Waals surface area (Å²) in [6, 6.07) is 17.1. The van der Waals surface area contributed by atoms with E-state index in [0.717, 1.165) is 16.7 Å². The average molecular weight is 379 g/mol. The molecule has 0 saturated heterocycles. The average Bonchev–Trinajstić information content (AvgIpc) is 3.26. The quantitative estimate of drug-likeness (QED) is 0.463. The highest BCUT2D eigenvalue weighted by molar-refractivity contribution is 5.95. The molecule has 0 saturated carbocycles. The Morgan fingerprint density at radius 3 is 2.61 bits per heavy atom. The summed E-state index contributed by atoms with van der Waals surface area (Å²) in [7, 11) is 0. The Hall–Kier alpha value is -3.45. The van der Waals surface area contributed by atoms with Gasteiger partial charge in [-0.25, -0.2) is 5.48 Å². The van der Waals surface area contributed by atoms with Crippen LogP contribution in [0, 0.1) is 6.92 Å². The van der Waals surface area contributed by atoms with Crippen LogP contribution >= 0.6 is 0 Å². The zero-order valence-electron chi connectivity index (χ0n) is 15.5. The van der Waals surface area contributed by atoms with E-state index in [1.807, 2.05) is 55.5 Å². The van der Waals surface area contributed by atoms with Crippen molar-refractivity contribution in [2.45, 2.75) is 13.3 Å². The van der Waals surface area contributed by atoms with Crippen LogP contribution in [0.2, 0.25) is 0 Å². The molecule has 1 heterocycles. The molecule has 0 radical (unpaired) electrons. The van der Waals surface area contributed by atoms with Crippen molar-refractivity contribution in [3.05, 3.63) is 77.7 Å². The number of nitrogens with one attached hydrogen (secondary N) is 2. The summed E-state index contributed by atoms with van der Waals surface area (Å²) < 4.78 is 4.70. The number of hydrogen-bond donors (Lipinski definition) is 2. The zero-order chi connectivity index (χ0) is 19.8.